The highest BCUT2D eigenvalue weighted by Crippen LogP contribution is 2.24. The molecule has 0 saturated carbocycles. The van der Waals surface area contributed by atoms with Crippen molar-refractivity contribution in [1.29, 1.82) is 0 Å². The first kappa shape index (κ1) is 21.5. The molecule has 0 amide bonds. The molecule has 3 aromatic rings. The summed E-state index contributed by atoms with van der Waals surface area (Å²) >= 11 is 5.62. The lowest BCUT2D eigenvalue weighted by Gasteiger charge is -2.23. The molecule has 154 valence electrons. The first-order valence-electron chi connectivity index (χ1n) is 9.95. The molecule has 0 spiro atoms. The largest absolute Gasteiger partial charge is 0.462 e. The second-order valence-electron chi connectivity index (χ2n) is 7.05. The molecule has 0 radical (unpaired) electrons. The Bertz CT molecular complexity index is 1020. The van der Waals surface area contributed by atoms with Crippen LogP contribution in [0.4, 0.5) is 5.69 Å². The molecule has 0 saturated heterocycles. The van der Waals surface area contributed by atoms with Crippen molar-refractivity contribution in [3.63, 3.8) is 0 Å². The minimum absolute atomic E-state index is 0.0969. The molecular weight excluding hydrogens is 392 g/mol. The van der Waals surface area contributed by atoms with Gasteiger partial charge in [-0.15, -0.1) is 0 Å². The molecule has 1 atom stereocenters. The summed E-state index contributed by atoms with van der Waals surface area (Å²) in [5.74, 6) is -0.334. The smallest absolute Gasteiger partial charge is 0.338 e. The Morgan fingerprint density at radius 3 is 2.27 bits per heavy atom. The fraction of sp³-hybridized carbons (Fsp3) is 0.200. The molecule has 0 fully saturated rings. The van der Waals surface area contributed by atoms with E-state index in [-0.39, 0.29) is 12.0 Å². The Balaban J connectivity index is 1.83. The van der Waals surface area contributed by atoms with Gasteiger partial charge in [-0.25, -0.2) is 4.79 Å². The molecule has 0 unspecified atom stereocenters. The van der Waals surface area contributed by atoms with Gasteiger partial charge >= 0.3 is 5.97 Å². The van der Waals surface area contributed by atoms with Gasteiger partial charge in [-0.3, -0.25) is 0 Å². The summed E-state index contributed by atoms with van der Waals surface area (Å²) in [4.78, 5) is 12.2. The second kappa shape index (κ2) is 10.0. The summed E-state index contributed by atoms with van der Waals surface area (Å²) in [5.41, 5.74) is 5.54. The predicted octanol–water partition coefficient (Wildman–Crippen LogP) is 5.56. The molecule has 2 N–H and O–H groups in total. The SMILES string of the molecule is CCOC(=O)c1cccc(NC(=S)N[C@@H](c2ccccc2)c2ccc(C)cc2)c1C. The Labute approximate surface area is 183 Å². The molecule has 0 aromatic heterocycles. The van der Waals surface area contributed by atoms with Crippen molar-refractivity contribution in [3.05, 3.63) is 101 Å². The highest BCUT2D eigenvalue weighted by molar-refractivity contribution is 7.80. The van der Waals surface area contributed by atoms with E-state index in [2.05, 4.69) is 54.0 Å². The number of hydrogen-bond donors (Lipinski definition) is 2. The van der Waals surface area contributed by atoms with Gasteiger partial charge < -0.3 is 15.4 Å². The monoisotopic (exact) mass is 418 g/mol. The maximum atomic E-state index is 12.2. The van der Waals surface area contributed by atoms with E-state index in [1.807, 2.05) is 37.3 Å². The van der Waals surface area contributed by atoms with Crippen molar-refractivity contribution in [2.75, 3.05) is 11.9 Å². The van der Waals surface area contributed by atoms with E-state index in [1.54, 1.807) is 13.0 Å². The molecule has 0 aliphatic heterocycles. The Morgan fingerprint density at radius 2 is 1.60 bits per heavy atom. The molecule has 0 heterocycles. The van der Waals surface area contributed by atoms with E-state index in [1.165, 1.54) is 5.56 Å². The van der Waals surface area contributed by atoms with Crippen LogP contribution in [0, 0.1) is 13.8 Å². The lowest BCUT2D eigenvalue weighted by molar-refractivity contribution is 0.0525. The van der Waals surface area contributed by atoms with Crippen LogP contribution in [0.2, 0.25) is 0 Å². The zero-order chi connectivity index (χ0) is 21.5. The van der Waals surface area contributed by atoms with Crippen LogP contribution < -0.4 is 10.6 Å². The topological polar surface area (TPSA) is 50.4 Å². The van der Waals surface area contributed by atoms with Gasteiger partial charge in [0.15, 0.2) is 5.11 Å². The average molecular weight is 419 g/mol. The van der Waals surface area contributed by atoms with Gasteiger partial charge in [0.05, 0.1) is 18.2 Å². The number of carbonyl (C=O) groups excluding carboxylic acids is 1. The zero-order valence-electron chi connectivity index (χ0n) is 17.4. The van der Waals surface area contributed by atoms with Crippen molar-refractivity contribution in [2.24, 2.45) is 0 Å². The molecule has 0 aliphatic rings. The number of esters is 1. The van der Waals surface area contributed by atoms with Crippen LogP contribution in [0.15, 0.2) is 72.8 Å². The fourth-order valence-corrected chi connectivity index (χ4v) is 3.48. The van der Waals surface area contributed by atoms with Crippen LogP contribution in [0.1, 0.15) is 45.6 Å². The standard InChI is InChI=1S/C25H26N2O2S/c1-4-29-24(28)21-11-8-12-22(18(21)3)26-25(30)27-23(19-9-6-5-7-10-19)20-15-13-17(2)14-16-20/h5-16,23H,4H2,1-3H3,(H2,26,27,30)/t23-/m0/s1. The van der Waals surface area contributed by atoms with Crippen molar-refractivity contribution in [1.82, 2.24) is 5.32 Å². The third-order valence-electron chi connectivity index (χ3n) is 4.90. The van der Waals surface area contributed by atoms with Gasteiger partial charge in [-0.1, -0.05) is 66.2 Å². The maximum absolute atomic E-state index is 12.2. The van der Waals surface area contributed by atoms with E-state index in [4.69, 9.17) is 17.0 Å². The third-order valence-corrected chi connectivity index (χ3v) is 5.12. The molecule has 0 aliphatic carbocycles. The molecular formula is C25H26N2O2S. The van der Waals surface area contributed by atoms with Gasteiger partial charge in [0, 0.05) is 5.69 Å². The van der Waals surface area contributed by atoms with Crippen LogP contribution in [0.5, 0.6) is 0 Å². The highest BCUT2D eigenvalue weighted by atomic mass is 32.1. The van der Waals surface area contributed by atoms with Gasteiger partial charge in [0.2, 0.25) is 0 Å². The third kappa shape index (κ3) is 5.24. The van der Waals surface area contributed by atoms with Crippen LogP contribution >= 0.6 is 12.2 Å². The minimum Gasteiger partial charge on any atom is -0.462 e. The zero-order valence-corrected chi connectivity index (χ0v) is 18.3. The maximum Gasteiger partial charge on any atom is 0.338 e. The predicted molar refractivity (Wildman–Crippen MR) is 126 cm³/mol. The Hall–Kier alpha value is -3.18. The van der Waals surface area contributed by atoms with Gasteiger partial charge in [0.1, 0.15) is 0 Å². The van der Waals surface area contributed by atoms with Crippen molar-refractivity contribution in [2.45, 2.75) is 26.8 Å². The number of thiocarbonyl (C=S) groups is 1. The summed E-state index contributed by atoms with van der Waals surface area (Å²) in [7, 11) is 0. The first-order valence-corrected chi connectivity index (χ1v) is 10.4. The van der Waals surface area contributed by atoms with E-state index < -0.39 is 0 Å². The quantitative estimate of drug-likeness (QED) is 0.406. The van der Waals surface area contributed by atoms with Gasteiger partial charge in [-0.2, -0.15) is 0 Å². The van der Waals surface area contributed by atoms with Crippen LogP contribution in [0.3, 0.4) is 0 Å². The average Bonchev–Trinajstić information content (AvgIpc) is 2.75. The summed E-state index contributed by atoms with van der Waals surface area (Å²) in [6.45, 7) is 6.08. The number of rotatable bonds is 6. The molecule has 3 aromatic carbocycles. The van der Waals surface area contributed by atoms with E-state index >= 15 is 0 Å². The number of aryl methyl sites for hydroxylation is 1. The van der Waals surface area contributed by atoms with E-state index in [0.717, 1.165) is 22.4 Å². The summed E-state index contributed by atoms with van der Waals surface area (Å²) in [6.07, 6.45) is 0. The van der Waals surface area contributed by atoms with Gasteiger partial charge in [0.25, 0.3) is 0 Å². The summed E-state index contributed by atoms with van der Waals surface area (Å²) in [5, 5.41) is 7.14. The lowest BCUT2D eigenvalue weighted by Crippen LogP contribution is -2.33. The number of anilines is 1. The molecule has 3 rings (SSSR count). The lowest BCUT2D eigenvalue weighted by atomic mass is 9.98. The van der Waals surface area contributed by atoms with Gasteiger partial charge in [-0.05, 0) is 61.8 Å². The van der Waals surface area contributed by atoms with Crippen molar-refractivity contribution >= 4 is 29.0 Å². The van der Waals surface area contributed by atoms with E-state index in [0.29, 0.717) is 17.3 Å². The summed E-state index contributed by atoms with van der Waals surface area (Å²) in [6, 6.07) is 24.0. The number of benzene rings is 3. The normalized spacial score (nSPS) is 11.4. The molecule has 0 bridgehead atoms. The summed E-state index contributed by atoms with van der Waals surface area (Å²) < 4.78 is 5.14. The van der Waals surface area contributed by atoms with Crippen molar-refractivity contribution < 1.29 is 9.53 Å². The van der Waals surface area contributed by atoms with Crippen LogP contribution in [-0.4, -0.2) is 17.7 Å². The Kier molecular flexibility index (Phi) is 7.20. The number of ether oxygens (including phenoxy) is 1. The molecule has 5 heteroatoms. The van der Waals surface area contributed by atoms with Crippen molar-refractivity contribution in [3.8, 4) is 0 Å². The molecule has 4 nitrogen and oxygen atoms in total. The second-order valence-corrected chi connectivity index (χ2v) is 7.46. The first-order chi connectivity index (χ1) is 14.5. The van der Waals surface area contributed by atoms with E-state index in [9.17, 15) is 4.79 Å². The number of hydrogen-bond acceptors (Lipinski definition) is 3. The van der Waals surface area contributed by atoms with Crippen LogP contribution in [0.25, 0.3) is 0 Å². The Morgan fingerprint density at radius 1 is 0.933 bits per heavy atom. The fourth-order valence-electron chi connectivity index (χ4n) is 3.25. The molecule has 30 heavy (non-hydrogen) atoms. The minimum atomic E-state index is -0.334. The highest BCUT2D eigenvalue weighted by Gasteiger charge is 2.17. The van der Waals surface area contributed by atoms with Crippen LogP contribution in [-0.2, 0) is 4.74 Å². The number of nitrogens with one attached hydrogen (secondary N) is 2. The number of carbonyl (C=O) groups is 1.